The van der Waals surface area contributed by atoms with E-state index in [0.29, 0.717) is 12.6 Å². The summed E-state index contributed by atoms with van der Waals surface area (Å²) >= 11 is 0. The fourth-order valence-corrected chi connectivity index (χ4v) is 3.77. The summed E-state index contributed by atoms with van der Waals surface area (Å²) in [5, 5.41) is 13.9. The van der Waals surface area contributed by atoms with Crippen LogP contribution in [0.5, 0.6) is 0 Å². The van der Waals surface area contributed by atoms with E-state index in [2.05, 4.69) is 15.1 Å². The van der Waals surface area contributed by atoms with E-state index in [9.17, 15) is 4.79 Å². The number of H-pyrrole nitrogens is 1. The highest BCUT2D eigenvalue weighted by Gasteiger charge is 2.32. The molecule has 0 bridgehead atoms. The minimum atomic E-state index is -0.250. The SMILES string of the molecule is Cc1[nH]ncc1CN(C)C(=O)C1CCCN(C2CCOCC2)C1.O=CO. The number of hydrogen-bond acceptors (Lipinski definition) is 5. The Kier molecular flexibility index (Phi) is 8.06. The van der Waals surface area contributed by atoms with Crippen molar-refractivity contribution in [2.24, 2.45) is 5.92 Å². The van der Waals surface area contributed by atoms with Crippen molar-refractivity contribution in [2.75, 3.05) is 33.4 Å². The number of nitrogens with one attached hydrogen (secondary N) is 1. The zero-order chi connectivity index (χ0) is 18.9. The van der Waals surface area contributed by atoms with E-state index in [1.807, 2.05) is 25.1 Å². The van der Waals surface area contributed by atoms with Crippen molar-refractivity contribution in [2.45, 2.75) is 45.2 Å². The standard InChI is InChI=1S/C17H28N4O2.CH2O2/c1-13-15(10-18-19-13)11-20(2)17(22)14-4-3-7-21(12-14)16-5-8-23-9-6-16;2-1-3/h10,14,16H,3-9,11-12H2,1-2H3,(H,18,19);1H,(H,2,3). The number of carboxylic acid groups (broad SMARTS) is 1. The molecule has 0 spiro atoms. The Labute approximate surface area is 154 Å². The van der Waals surface area contributed by atoms with E-state index in [1.54, 1.807) is 0 Å². The van der Waals surface area contributed by atoms with Gasteiger partial charge in [-0.15, -0.1) is 0 Å². The fourth-order valence-electron chi connectivity index (χ4n) is 3.77. The lowest BCUT2D eigenvalue weighted by atomic mass is 9.93. The molecule has 2 aliphatic rings. The Morgan fingerprint density at radius 3 is 2.77 bits per heavy atom. The monoisotopic (exact) mass is 366 g/mol. The Morgan fingerprint density at radius 1 is 1.46 bits per heavy atom. The zero-order valence-electron chi connectivity index (χ0n) is 15.7. The van der Waals surface area contributed by atoms with Crippen molar-refractivity contribution in [1.82, 2.24) is 20.0 Å². The number of aromatic amines is 1. The van der Waals surface area contributed by atoms with E-state index in [1.165, 1.54) is 0 Å². The van der Waals surface area contributed by atoms with Crippen LogP contribution in [-0.4, -0.2) is 76.9 Å². The lowest BCUT2D eigenvalue weighted by Crippen LogP contribution is -2.48. The maximum absolute atomic E-state index is 12.8. The van der Waals surface area contributed by atoms with Gasteiger partial charge in [-0.3, -0.25) is 19.6 Å². The summed E-state index contributed by atoms with van der Waals surface area (Å²) in [6, 6.07) is 0.598. The van der Waals surface area contributed by atoms with Gasteiger partial charge in [-0.2, -0.15) is 5.10 Å². The molecule has 2 aliphatic heterocycles. The largest absolute Gasteiger partial charge is 0.483 e. The average Bonchev–Trinajstić information content (AvgIpc) is 3.07. The van der Waals surface area contributed by atoms with E-state index in [0.717, 1.165) is 63.2 Å². The summed E-state index contributed by atoms with van der Waals surface area (Å²) in [4.78, 5) is 25.5. The van der Waals surface area contributed by atoms with Gasteiger partial charge in [0.15, 0.2) is 0 Å². The van der Waals surface area contributed by atoms with Gasteiger partial charge in [-0.05, 0) is 39.2 Å². The molecule has 3 rings (SSSR count). The zero-order valence-corrected chi connectivity index (χ0v) is 15.7. The lowest BCUT2D eigenvalue weighted by Gasteiger charge is -2.40. The second kappa shape index (κ2) is 10.3. The van der Waals surface area contributed by atoms with Crippen LogP contribution >= 0.6 is 0 Å². The Morgan fingerprint density at radius 2 is 2.15 bits per heavy atom. The molecular weight excluding hydrogens is 336 g/mol. The fraction of sp³-hybridized carbons (Fsp3) is 0.722. The number of carbonyl (C=O) groups is 2. The van der Waals surface area contributed by atoms with E-state index < -0.39 is 0 Å². The molecule has 0 aromatic carbocycles. The second-order valence-electron chi connectivity index (χ2n) is 7.00. The van der Waals surface area contributed by atoms with Crippen LogP contribution in [0.3, 0.4) is 0 Å². The molecule has 1 aromatic heterocycles. The number of rotatable bonds is 4. The number of carbonyl (C=O) groups excluding carboxylic acids is 1. The van der Waals surface area contributed by atoms with Crippen LogP contribution in [0.1, 0.15) is 36.9 Å². The molecule has 2 saturated heterocycles. The molecule has 2 N–H and O–H groups in total. The predicted molar refractivity (Wildman–Crippen MR) is 96.6 cm³/mol. The normalized spacial score (nSPS) is 21.5. The van der Waals surface area contributed by atoms with Crippen molar-refractivity contribution in [3.05, 3.63) is 17.5 Å². The van der Waals surface area contributed by atoms with Crippen LogP contribution < -0.4 is 0 Å². The van der Waals surface area contributed by atoms with Crippen LogP contribution in [0.25, 0.3) is 0 Å². The summed E-state index contributed by atoms with van der Waals surface area (Å²) in [7, 11) is 1.90. The van der Waals surface area contributed by atoms with Crippen molar-refractivity contribution < 1.29 is 19.4 Å². The van der Waals surface area contributed by atoms with Gasteiger partial charge in [0.1, 0.15) is 0 Å². The number of hydrogen-bond donors (Lipinski definition) is 2. The van der Waals surface area contributed by atoms with Crippen molar-refractivity contribution in [1.29, 1.82) is 0 Å². The number of nitrogens with zero attached hydrogens (tertiary/aromatic N) is 3. The van der Waals surface area contributed by atoms with Gasteiger partial charge >= 0.3 is 0 Å². The Hall–Kier alpha value is -1.93. The molecule has 1 atom stereocenters. The van der Waals surface area contributed by atoms with Crippen molar-refractivity contribution in [3.8, 4) is 0 Å². The Balaban J connectivity index is 0.000000758. The Bertz CT molecular complexity index is 571. The minimum absolute atomic E-state index is 0.129. The molecular formula is C18H30N4O4. The van der Waals surface area contributed by atoms with Gasteiger partial charge in [0.05, 0.1) is 12.1 Å². The van der Waals surface area contributed by atoms with Gasteiger partial charge in [-0.1, -0.05) is 0 Å². The maximum Gasteiger partial charge on any atom is 0.290 e. The molecule has 0 radical (unpaired) electrons. The molecule has 0 saturated carbocycles. The number of piperidine rings is 1. The number of aryl methyl sites for hydroxylation is 1. The van der Waals surface area contributed by atoms with Gasteiger partial charge < -0.3 is 14.7 Å². The highest BCUT2D eigenvalue weighted by molar-refractivity contribution is 5.79. The van der Waals surface area contributed by atoms with Crippen LogP contribution in [0.2, 0.25) is 0 Å². The molecule has 8 nitrogen and oxygen atoms in total. The molecule has 0 aliphatic carbocycles. The molecule has 2 fully saturated rings. The van der Waals surface area contributed by atoms with Crippen molar-refractivity contribution in [3.63, 3.8) is 0 Å². The van der Waals surface area contributed by atoms with Crippen molar-refractivity contribution >= 4 is 12.4 Å². The number of likely N-dealkylation sites (tertiary alicyclic amines) is 1. The first-order valence-electron chi connectivity index (χ1n) is 9.20. The maximum atomic E-state index is 12.8. The third kappa shape index (κ3) is 5.54. The minimum Gasteiger partial charge on any atom is -0.483 e. The molecule has 3 heterocycles. The van der Waals surface area contributed by atoms with E-state index in [-0.39, 0.29) is 18.3 Å². The van der Waals surface area contributed by atoms with Gasteiger partial charge in [0.2, 0.25) is 5.91 Å². The predicted octanol–water partition coefficient (Wildman–Crippen LogP) is 1.27. The number of aromatic nitrogens is 2. The molecule has 1 unspecified atom stereocenters. The van der Waals surface area contributed by atoms with Crippen LogP contribution in [0, 0.1) is 12.8 Å². The first-order chi connectivity index (χ1) is 12.6. The van der Waals surface area contributed by atoms with Crippen LogP contribution in [0.15, 0.2) is 6.20 Å². The smallest absolute Gasteiger partial charge is 0.290 e. The van der Waals surface area contributed by atoms with Gasteiger partial charge in [0.25, 0.3) is 6.47 Å². The third-order valence-corrected chi connectivity index (χ3v) is 5.23. The highest BCUT2D eigenvalue weighted by Crippen LogP contribution is 2.24. The van der Waals surface area contributed by atoms with E-state index >= 15 is 0 Å². The van der Waals surface area contributed by atoms with Gasteiger partial charge in [-0.25, -0.2) is 0 Å². The van der Waals surface area contributed by atoms with E-state index in [4.69, 9.17) is 14.6 Å². The molecule has 1 aromatic rings. The van der Waals surface area contributed by atoms with Gasteiger partial charge in [0, 0.05) is 50.7 Å². The summed E-state index contributed by atoms with van der Waals surface area (Å²) in [6.45, 7) is 6.12. The average molecular weight is 366 g/mol. The summed E-state index contributed by atoms with van der Waals surface area (Å²) in [5.74, 6) is 0.395. The molecule has 26 heavy (non-hydrogen) atoms. The number of ether oxygens (including phenoxy) is 1. The summed E-state index contributed by atoms with van der Waals surface area (Å²) in [5.41, 5.74) is 2.13. The first kappa shape index (κ1) is 20.4. The molecule has 8 heteroatoms. The summed E-state index contributed by atoms with van der Waals surface area (Å²) < 4.78 is 5.46. The molecule has 146 valence electrons. The topological polar surface area (TPSA) is 98.8 Å². The first-order valence-corrected chi connectivity index (χ1v) is 9.20. The highest BCUT2D eigenvalue weighted by atomic mass is 16.5. The van der Waals surface area contributed by atoms with Crippen LogP contribution in [-0.2, 0) is 20.9 Å². The summed E-state index contributed by atoms with van der Waals surface area (Å²) in [6.07, 6.45) is 6.14. The number of amides is 1. The quantitative estimate of drug-likeness (QED) is 0.779. The lowest BCUT2D eigenvalue weighted by molar-refractivity contribution is -0.137. The second-order valence-corrected chi connectivity index (χ2v) is 7.00. The van der Waals surface area contributed by atoms with Crippen LogP contribution in [0.4, 0.5) is 0 Å². The third-order valence-electron chi connectivity index (χ3n) is 5.23. The molecule has 1 amide bonds.